The Morgan fingerprint density at radius 1 is 1.28 bits per heavy atom. The molecule has 0 radical (unpaired) electrons. The minimum absolute atomic E-state index is 0.742. The van der Waals surface area contributed by atoms with Crippen LogP contribution < -0.4 is 5.32 Å². The monoisotopic (exact) mass is 324 g/mol. The molecule has 2 rings (SSSR count). The third-order valence-electron chi connectivity index (χ3n) is 2.74. The molecule has 0 aliphatic carbocycles. The minimum Gasteiger partial charge on any atom is -0.307 e. The highest BCUT2D eigenvalue weighted by molar-refractivity contribution is 9.10. The van der Waals surface area contributed by atoms with E-state index in [1.807, 2.05) is 30.5 Å². The van der Waals surface area contributed by atoms with Crippen LogP contribution in [-0.4, -0.2) is 4.98 Å². The fourth-order valence-corrected chi connectivity index (χ4v) is 2.51. The van der Waals surface area contributed by atoms with Crippen molar-refractivity contribution in [3.63, 3.8) is 0 Å². The van der Waals surface area contributed by atoms with Crippen LogP contribution in [0.2, 0.25) is 5.02 Å². The van der Waals surface area contributed by atoms with E-state index in [0.29, 0.717) is 0 Å². The third-order valence-corrected chi connectivity index (χ3v) is 3.71. The molecule has 18 heavy (non-hydrogen) atoms. The van der Waals surface area contributed by atoms with Gasteiger partial charge in [0.2, 0.25) is 0 Å². The highest BCUT2D eigenvalue weighted by Crippen LogP contribution is 2.21. The van der Waals surface area contributed by atoms with E-state index >= 15 is 0 Å². The topological polar surface area (TPSA) is 24.9 Å². The number of hydrogen-bond acceptors (Lipinski definition) is 2. The van der Waals surface area contributed by atoms with E-state index in [4.69, 9.17) is 11.6 Å². The Kier molecular flexibility index (Phi) is 4.75. The molecule has 0 atom stereocenters. The summed E-state index contributed by atoms with van der Waals surface area (Å²) in [5, 5.41) is 4.13. The molecule has 0 spiro atoms. The molecule has 2 aromatic rings. The van der Waals surface area contributed by atoms with E-state index in [-0.39, 0.29) is 0 Å². The maximum atomic E-state index is 5.91. The summed E-state index contributed by atoms with van der Waals surface area (Å²) >= 11 is 9.42. The number of nitrogens with zero attached hydrogens (tertiary/aromatic N) is 1. The van der Waals surface area contributed by atoms with Crippen molar-refractivity contribution in [2.45, 2.75) is 20.0 Å². The lowest BCUT2D eigenvalue weighted by Crippen LogP contribution is -2.14. The molecule has 0 aliphatic rings. The number of benzene rings is 1. The Balaban J connectivity index is 1.95. The van der Waals surface area contributed by atoms with Crippen molar-refractivity contribution in [1.82, 2.24) is 10.3 Å². The SMILES string of the molecule is Cc1cccnc1CNCc1ccc(Cl)cc1Br. The van der Waals surface area contributed by atoms with Crippen molar-refractivity contribution in [3.05, 3.63) is 62.8 Å². The lowest BCUT2D eigenvalue weighted by atomic mass is 10.2. The van der Waals surface area contributed by atoms with Gasteiger partial charge in [-0.3, -0.25) is 4.98 Å². The maximum absolute atomic E-state index is 5.91. The van der Waals surface area contributed by atoms with Gasteiger partial charge in [0.1, 0.15) is 0 Å². The van der Waals surface area contributed by atoms with Gasteiger partial charge in [0.25, 0.3) is 0 Å². The van der Waals surface area contributed by atoms with E-state index in [1.54, 1.807) is 0 Å². The molecular weight excluding hydrogens is 312 g/mol. The molecule has 0 bridgehead atoms. The average molecular weight is 326 g/mol. The first-order valence-electron chi connectivity index (χ1n) is 5.72. The van der Waals surface area contributed by atoms with Gasteiger partial charge in [-0.25, -0.2) is 0 Å². The number of halogens is 2. The molecule has 0 fully saturated rings. The molecule has 0 unspecified atom stereocenters. The summed E-state index contributed by atoms with van der Waals surface area (Å²) in [6, 6.07) is 9.85. The number of hydrogen-bond donors (Lipinski definition) is 1. The molecule has 94 valence electrons. The summed E-state index contributed by atoms with van der Waals surface area (Å²) in [5.74, 6) is 0. The van der Waals surface area contributed by atoms with Gasteiger partial charge in [0.15, 0.2) is 0 Å². The fraction of sp³-hybridized carbons (Fsp3) is 0.214. The molecule has 2 nitrogen and oxygen atoms in total. The Bertz CT molecular complexity index is 543. The van der Waals surface area contributed by atoms with Crippen LogP contribution in [0, 0.1) is 6.92 Å². The first-order chi connectivity index (χ1) is 8.66. The largest absolute Gasteiger partial charge is 0.307 e. The predicted octanol–water partition coefficient (Wildman–Crippen LogP) is 4.10. The summed E-state index contributed by atoms with van der Waals surface area (Å²) in [7, 11) is 0. The van der Waals surface area contributed by atoms with Crippen LogP contribution in [0.1, 0.15) is 16.8 Å². The molecule has 0 saturated carbocycles. The summed E-state index contributed by atoms with van der Waals surface area (Å²) in [6.45, 7) is 3.62. The van der Waals surface area contributed by atoms with E-state index in [1.165, 1.54) is 11.1 Å². The van der Waals surface area contributed by atoms with Crippen LogP contribution in [0.4, 0.5) is 0 Å². The van der Waals surface area contributed by atoms with Gasteiger partial charge in [-0.1, -0.05) is 39.7 Å². The van der Waals surface area contributed by atoms with Gasteiger partial charge >= 0.3 is 0 Å². The predicted molar refractivity (Wildman–Crippen MR) is 78.7 cm³/mol. The Labute approximate surface area is 121 Å². The lowest BCUT2D eigenvalue weighted by molar-refractivity contribution is 0.674. The summed E-state index contributed by atoms with van der Waals surface area (Å²) in [5.41, 5.74) is 3.48. The smallest absolute Gasteiger partial charge is 0.0570 e. The van der Waals surface area contributed by atoms with Crippen LogP contribution >= 0.6 is 27.5 Å². The lowest BCUT2D eigenvalue weighted by Gasteiger charge is -2.08. The summed E-state index contributed by atoms with van der Waals surface area (Å²) in [6.07, 6.45) is 1.82. The zero-order chi connectivity index (χ0) is 13.0. The van der Waals surface area contributed by atoms with Crippen LogP contribution in [0.25, 0.3) is 0 Å². The van der Waals surface area contributed by atoms with Crippen molar-refractivity contribution in [2.75, 3.05) is 0 Å². The van der Waals surface area contributed by atoms with Gasteiger partial charge in [-0.05, 0) is 36.2 Å². The number of pyridine rings is 1. The van der Waals surface area contributed by atoms with Crippen molar-refractivity contribution in [2.24, 2.45) is 0 Å². The number of aryl methyl sites for hydroxylation is 1. The molecule has 1 aromatic heterocycles. The molecule has 0 saturated heterocycles. The van der Waals surface area contributed by atoms with Crippen molar-refractivity contribution >= 4 is 27.5 Å². The first kappa shape index (κ1) is 13.5. The quantitative estimate of drug-likeness (QED) is 0.915. The number of aromatic nitrogens is 1. The number of nitrogens with one attached hydrogen (secondary N) is 1. The second-order valence-electron chi connectivity index (χ2n) is 4.11. The van der Waals surface area contributed by atoms with E-state index < -0.39 is 0 Å². The third kappa shape index (κ3) is 3.55. The van der Waals surface area contributed by atoms with Crippen LogP contribution in [0.5, 0.6) is 0 Å². The van der Waals surface area contributed by atoms with Crippen molar-refractivity contribution < 1.29 is 0 Å². The molecule has 1 heterocycles. The van der Waals surface area contributed by atoms with Crippen LogP contribution in [-0.2, 0) is 13.1 Å². The fourth-order valence-electron chi connectivity index (χ4n) is 1.68. The van der Waals surface area contributed by atoms with Gasteiger partial charge in [0.05, 0.1) is 5.69 Å². The van der Waals surface area contributed by atoms with E-state index in [9.17, 15) is 0 Å². The molecule has 0 aliphatic heterocycles. The Morgan fingerprint density at radius 2 is 2.11 bits per heavy atom. The minimum atomic E-state index is 0.742. The van der Waals surface area contributed by atoms with Gasteiger partial charge < -0.3 is 5.32 Å². The van der Waals surface area contributed by atoms with Gasteiger partial charge in [0, 0.05) is 28.8 Å². The van der Waals surface area contributed by atoms with Crippen LogP contribution in [0.15, 0.2) is 41.0 Å². The standard InChI is InChI=1S/C14H14BrClN2/c1-10-3-2-6-18-14(10)9-17-8-11-4-5-12(16)7-13(11)15/h2-7,17H,8-9H2,1H3. The second-order valence-corrected chi connectivity index (χ2v) is 5.40. The average Bonchev–Trinajstić information content (AvgIpc) is 2.34. The normalized spacial score (nSPS) is 10.6. The van der Waals surface area contributed by atoms with E-state index in [0.717, 1.165) is 28.3 Å². The van der Waals surface area contributed by atoms with Gasteiger partial charge in [-0.2, -0.15) is 0 Å². The highest BCUT2D eigenvalue weighted by Gasteiger charge is 2.02. The second kappa shape index (κ2) is 6.32. The summed E-state index contributed by atoms with van der Waals surface area (Å²) in [4.78, 5) is 4.35. The zero-order valence-electron chi connectivity index (χ0n) is 10.1. The van der Waals surface area contributed by atoms with Crippen molar-refractivity contribution in [3.8, 4) is 0 Å². The Morgan fingerprint density at radius 3 is 2.83 bits per heavy atom. The van der Waals surface area contributed by atoms with E-state index in [2.05, 4.69) is 39.2 Å². The maximum Gasteiger partial charge on any atom is 0.0570 e. The highest BCUT2D eigenvalue weighted by atomic mass is 79.9. The first-order valence-corrected chi connectivity index (χ1v) is 6.89. The molecule has 1 aromatic carbocycles. The molecule has 4 heteroatoms. The summed E-state index contributed by atoms with van der Waals surface area (Å²) < 4.78 is 1.03. The molecule has 0 amide bonds. The Hall–Kier alpha value is -0.900. The molecular formula is C14H14BrClN2. The van der Waals surface area contributed by atoms with Gasteiger partial charge in [-0.15, -0.1) is 0 Å². The van der Waals surface area contributed by atoms with Crippen LogP contribution in [0.3, 0.4) is 0 Å². The zero-order valence-corrected chi connectivity index (χ0v) is 12.4. The molecule has 1 N–H and O–H groups in total. The van der Waals surface area contributed by atoms with Crippen molar-refractivity contribution in [1.29, 1.82) is 0 Å². The number of rotatable bonds is 4.